The zero-order chi connectivity index (χ0) is 13.5. The van der Waals surface area contributed by atoms with Gasteiger partial charge in [-0.15, -0.1) is 0 Å². The van der Waals surface area contributed by atoms with Gasteiger partial charge in [-0.1, -0.05) is 35.9 Å². The highest BCUT2D eigenvalue weighted by molar-refractivity contribution is 5.80. The molecule has 0 saturated heterocycles. The Bertz CT molecular complexity index is 565. The van der Waals surface area contributed by atoms with Crippen LogP contribution in [0.3, 0.4) is 0 Å². The van der Waals surface area contributed by atoms with E-state index in [-0.39, 0.29) is 0 Å². The number of aliphatic imine (C=N–C) groups is 1. The molecule has 2 aromatic rings. The maximum absolute atomic E-state index is 5.10. The standard InChI is InChI=1S/C17H17NO/c1-14-5-7-15(8-6-14)4-3-13-18-16-9-11-17(19-2)12-10-16/h3-13H,1-2H3/b4-3+,18-13?. The molecule has 0 N–H and O–H groups in total. The number of nitrogens with zero attached hydrogens (tertiary/aromatic N) is 1. The molecular weight excluding hydrogens is 234 g/mol. The lowest BCUT2D eigenvalue weighted by atomic mass is 10.1. The smallest absolute Gasteiger partial charge is 0.119 e. The van der Waals surface area contributed by atoms with Crippen LogP contribution in [0.5, 0.6) is 5.75 Å². The lowest BCUT2D eigenvalue weighted by molar-refractivity contribution is 0.415. The van der Waals surface area contributed by atoms with Gasteiger partial charge in [-0.05, 0) is 42.8 Å². The largest absolute Gasteiger partial charge is 0.497 e. The van der Waals surface area contributed by atoms with E-state index in [1.807, 2.05) is 36.4 Å². The summed E-state index contributed by atoms with van der Waals surface area (Å²) in [5.74, 6) is 0.842. The van der Waals surface area contributed by atoms with Crippen molar-refractivity contribution in [1.29, 1.82) is 0 Å². The van der Waals surface area contributed by atoms with Gasteiger partial charge in [0, 0.05) is 6.21 Å². The fourth-order valence-electron chi connectivity index (χ4n) is 1.63. The first-order valence-electron chi connectivity index (χ1n) is 6.19. The first-order chi connectivity index (χ1) is 9.28. The van der Waals surface area contributed by atoms with E-state index in [0.717, 1.165) is 11.4 Å². The SMILES string of the molecule is COc1ccc(N=C/C=C/c2ccc(C)cc2)cc1. The Kier molecular flexibility index (Phi) is 4.51. The minimum atomic E-state index is 0.842. The van der Waals surface area contributed by atoms with Crippen molar-refractivity contribution in [3.05, 3.63) is 65.7 Å². The molecule has 19 heavy (non-hydrogen) atoms. The number of aryl methyl sites for hydroxylation is 1. The molecule has 0 atom stereocenters. The second kappa shape index (κ2) is 6.55. The van der Waals surface area contributed by atoms with Gasteiger partial charge in [0.15, 0.2) is 0 Å². The Morgan fingerprint density at radius 3 is 2.26 bits per heavy atom. The third kappa shape index (κ3) is 4.11. The first kappa shape index (κ1) is 13.1. The van der Waals surface area contributed by atoms with Gasteiger partial charge in [0.1, 0.15) is 5.75 Å². The van der Waals surface area contributed by atoms with E-state index in [0.29, 0.717) is 0 Å². The zero-order valence-corrected chi connectivity index (χ0v) is 11.2. The fraction of sp³-hybridized carbons (Fsp3) is 0.118. The molecule has 2 rings (SSSR count). The van der Waals surface area contributed by atoms with E-state index in [2.05, 4.69) is 36.2 Å². The number of ether oxygens (including phenoxy) is 1. The predicted octanol–water partition coefficient (Wildman–Crippen LogP) is 4.42. The van der Waals surface area contributed by atoms with Gasteiger partial charge in [0.05, 0.1) is 12.8 Å². The van der Waals surface area contributed by atoms with Gasteiger partial charge in [-0.25, -0.2) is 0 Å². The van der Waals surface area contributed by atoms with E-state index in [4.69, 9.17) is 4.74 Å². The Balaban J connectivity index is 1.96. The molecule has 0 saturated carbocycles. The maximum Gasteiger partial charge on any atom is 0.119 e. The summed E-state index contributed by atoms with van der Waals surface area (Å²) in [7, 11) is 1.66. The third-order valence-corrected chi connectivity index (χ3v) is 2.75. The molecule has 0 amide bonds. The molecule has 2 aromatic carbocycles. The number of hydrogen-bond acceptors (Lipinski definition) is 2. The average molecular weight is 251 g/mol. The second-order valence-corrected chi connectivity index (χ2v) is 4.25. The summed E-state index contributed by atoms with van der Waals surface area (Å²) in [5, 5.41) is 0. The molecule has 0 radical (unpaired) electrons. The van der Waals surface area contributed by atoms with Crippen molar-refractivity contribution in [3.8, 4) is 5.75 Å². The Labute approximate surface area is 114 Å². The van der Waals surface area contributed by atoms with Crippen LogP contribution in [-0.2, 0) is 0 Å². The quantitative estimate of drug-likeness (QED) is 0.737. The van der Waals surface area contributed by atoms with Crippen LogP contribution in [0.25, 0.3) is 6.08 Å². The molecule has 0 aliphatic rings. The lowest BCUT2D eigenvalue weighted by Crippen LogP contribution is -1.79. The van der Waals surface area contributed by atoms with Crippen LogP contribution in [0.2, 0.25) is 0 Å². The molecule has 0 heterocycles. The van der Waals surface area contributed by atoms with Crippen molar-refractivity contribution >= 4 is 18.0 Å². The normalized spacial score (nSPS) is 11.3. The summed E-state index contributed by atoms with van der Waals surface area (Å²) >= 11 is 0. The molecule has 0 aromatic heterocycles. The van der Waals surface area contributed by atoms with Gasteiger partial charge >= 0.3 is 0 Å². The second-order valence-electron chi connectivity index (χ2n) is 4.25. The van der Waals surface area contributed by atoms with Crippen LogP contribution in [0.4, 0.5) is 5.69 Å². The first-order valence-corrected chi connectivity index (χ1v) is 6.19. The van der Waals surface area contributed by atoms with Gasteiger partial charge in [0.2, 0.25) is 0 Å². The highest BCUT2D eigenvalue weighted by atomic mass is 16.5. The van der Waals surface area contributed by atoms with Crippen molar-refractivity contribution in [2.45, 2.75) is 6.92 Å². The summed E-state index contributed by atoms with van der Waals surface area (Å²) in [6.07, 6.45) is 5.77. The van der Waals surface area contributed by atoms with E-state index in [1.165, 1.54) is 11.1 Å². The highest BCUT2D eigenvalue weighted by Crippen LogP contribution is 2.17. The predicted molar refractivity (Wildman–Crippen MR) is 81.4 cm³/mol. The maximum atomic E-state index is 5.10. The van der Waals surface area contributed by atoms with E-state index in [9.17, 15) is 0 Å². The average Bonchev–Trinajstić information content (AvgIpc) is 2.46. The third-order valence-electron chi connectivity index (χ3n) is 2.75. The summed E-state index contributed by atoms with van der Waals surface area (Å²) < 4.78 is 5.10. The Morgan fingerprint density at radius 1 is 0.947 bits per heavy atom. The minimum absolute atomic E-state index is 0.842. The molecule has 0 aliphatic heterocycles. The topological polar surface area (TPSA) is 21.6 Å². The molecule has 0 bridgehead atoms. The van der Waals surface area contributed by atoms with Crippen LogP contribution in [-0.4, -0.2) is 13.3 Å². The van der Waals surface area contributed by atoms with Gasteiger partial charge in [0.25, 0.3) is 0 Å². The minimum Gasteiger partial charge on any atom is -0.497 e. The van der Waals surface area contributed by atoms with E-state index >= 15 is 0 Å². The van der Waals surface area contributed by atoms with Crippen molar-refractivity contribution in [3.63, 3.8) is 0 Å². The summed E-state index contributed by atoms with van der Waals surface area (Å²) in [5.41, 5.74) is 3.35. The van der Waals surface area contributed by atoms with E-state index < -0.39 is 0 Å². The molecular formula is C17H17NO. The van der Waals surface area contributed by atoms with Crippen molar-refractivity contribution in [2.24, 2.45) is 4.99 Å². The number of methoxy groups -OCH3 is 1. The molecule has 2 nitrogen and oxygen atoms in total. The number of allylic oxidation sites excluding steroid dienone is 1. The van der Waals surface area contributed by atoms with Gasteiger partial charge in [-0.3, -0.25) is 4.99 Å². The lowest BCUT2D eigenvalue weighted by Gasteiger charge is -1.98. The number of benzene rings is 2. The van der Waals surface area contributed by atoms with Crippen LogP contribution in [0.15, 0.2) is 59.6 Å². The molecule has 0 aliphatic carbocycles. The summed E-state index contributed by atoms with van der Waals surface area (Å²) in [6, 6.07) is 16.0. The van der Waals surface area contributed by atoms with Crippen molar-refractivity contribution in [2.75, 3.05) is 7.11 Å². The number of rotatable bonds is 4. The number of hydrogen-bond donors (Lipinski definition) is 0. The zero-order valence-electron chi connectivity index (χ0n) is 11.2. The molecule has 0 fully saturated rings. The molecule has 0 unspecified atom stereocenters. The van der Waals surface area contributed by atoms with Crippen LogP contribution in [0, 0.1) is 6.92 Å². The molecule has 0 spiro atoms. The Hall–Kier alpha value is -2.35. The van der Waals surface area contributed by atoms with Gasteiger partial charge in [-0.2, -0.15) is 0 Å². The fourth-order valence-corrected chi connectivity index (χ4v) is 1.63. The van der Waals surface area contributed by atoms with Crippen LogP contribution < -0.4 is 4.74 Å². The van der Waals surface area contributed by atoms with E-state index in [1.54, 1.807) is 13.3 Å². The summed E-state index contributed by atoms with van der Waals surface area (Å²) in [6.45, 7) is 2.08. The monoisotopic (exact) mass is 251 g/mol. The molecule has 96 valence electrons. The van der Waals surface area contributed by atoms with Crippen molar-refractivity contribution in [1.82, 2.24) is 0 Å². The van der Waals surface area contributed by atoms with Gasteiger partial charge < -0.3 is 4.74 Å². The van der Waals surface area contributed by atoms with Crippen molar-refractivity contribution < 1.29 is 4.74 Å². The van der Waals surface area contributed by atoms with Crippen LogP contribution in [0.1, 0.15) is 11.1 Å². The van der Waals surface area contributed by atoms with Crippen LogP contribution >= 0.6 is 0 Å². The highest BCUT2D eigenvalue weighted by Gasteiger charge is 1.89. The molecule has 2 heteroatoms. The summed E-state index contributed by atoms with van der Waals surface area (Å²) in [4.78, 5) is 4.35. The Morgan fingerprint density at radius 2 is 1.63 bits per heavy atom.